The lowest BCUT2D eigenvalue weighted by molar-refractivity contribution is -0.144. The Hall–Kier alpha value is -1.98. The minimum Gasteiger partial charge on any atom is -0.382 e. The van der Waals surface area contributed by atoms with Crippen molar-refractivity contribution in [1.29, 1.82) is 0 Å². The first-order valence-corrected chi connectivity index (χ1v) is 5.33. The number of alkyl halides is 3. The number of hydrogen-bond acceptors (Lipinski definition) is 2. The van der Waals surface area contributed by atoms with Crippen LogP contribution in [0.15, 0.2) is 30.3 Å². The third-order valence-corrected chi connectivity index (χ3v) is 2.67. The van der Waals surface area contributed by atoms with E-state index in [4.69, 9.17) is 5.73 Å². The van der Waals surface area contributed by atoms with Crippen molar-refractivity contribution in [3.63, 3.8) is 0 Å². The van der Waals surface area contributed by atoms with Gasteiger partial charge in [-0.3, -0.25) is 4.68 Å². The molecule has 1 aromatic carbocycles. The molecule has 96 valence electrons. The second-order valence-electron chi connectivity index (χ2n) is 4.04. The van der Waals surface area contributed by atoms with Gasteiger partial charge in [0.25, 0.3) is 0 Å². The van der Waals surface area contributed by atoms with Crippen LogP contribution in [-0.4, -0.2) is 9.78 Å². The highest BCUT2D eigenvalue weighted by atomic mass is 19.4. The number of nitrogen functional groups attached to an aromatic ring is 1. The normalized spacial score (nSPS) is 11.8. The minimum atomic E-state index is -4.45. The van der Waals surface area contributed by atoms with Gasteiger partial charge in [-0.25, -0.2) is 0 Å². The molecule has 6 heteroatoms. The lowest BCUT2D eigenvalue weighted by atomic mass is 10.1. The maximum absolute atomic E-state index is 12.7. The van der Waals surface area contributed by atoms with Crippen LogP contribution in [0.1, 0.15) is 16.8 Å². The SMILES string of the molecule is Cc1ccccc1Cn1nc(N)cc1C(F)(F)F. The summed E-state index contributed by atoms with van der Waals surface area (Å²) in [5.74, 6) is -0.129. The highest BCUT2D eigenvalue weighted by molar-refractivity contribution is 5.32. The van der Waals surface area contributed by atoms with E-state index in [1.54, 1.807) is 12.1 Å². The first-order chi connectivity index (χ1) is 8.38. The molecule has 0 radical (unpaired) electrons. The molecular weight excluding hydrogens is 243 g/mol. The topological polar surface area (TPSA) is 43.8 Å². The van der Waals surface area contributed by atoms with Crippen LogP contribution in [0.25, 0.3) is 0 Å². The predicted molar refractivity (Wildman–Crippen MR) is 61.9 cm³/mol. The fraction of sp³-hybridized carbons (Fsp3) is 0.250. The fourth-order valence-electron chi connectivity index (χ4n) is 1.73. The Bertz CT molecular complexity index is 558. The van der Waals surface area contributed by atoms with E-state index in [1.165, 1.54) is 0 Å². The molecule has 18 heavy (non-hydrogen) atoms. The Morgan fingerprint density at radius 1 is 1.28 bits per heavy atom. The largest absolute Gasteiger partial charge is 0.433 e. The Morgan fingerprint density at radius 3 is 2.56 bits per heavy atom. The molecule has 0 atom stereocenters. The smallest absolute Gasteiger partial charge is 0.382 e. The molecular formula is C12H12F3N3. The zero-order valence-electron chi connectivity index (χ0n) is 9.70. The van der Waals surface area contributed by atoms with Crippen LogP contribution in [0.5, 0.6) is 0 Å². The van der Waals surface area contributed by atoms with Crippen molar-refractivity contribution in [3.05, 3.63) is 47.2 Å². The van der Waals surface area contributed by atoms with Crippen LogP contribution in [0.2, 0.25) is 0 Å². The Labute approximate surface area is 102 Å². The molecule has 2 N–H and O–H groups in total. The quantitative estimate of drug-likeness (QED) is 0.896. The summed E-state index contributed by atoms with van der Waals surface area (Å²) in [4.78, 5) is 0. The van der Waals surface area contributed by atoms with E-state index >= 15 is 0 Å². The first kappa shape index (κ1) is 12.5. The van der Waals surface area contributed by atoms with Crippen LogP contribution in [0, 0.1) is 6.92 Å². The van der Waals surface area contributed by atoms with E-state index in [0.717, 1.165) is 21.9 Å². The van der Waals surface area contributed by atoms with E-state index in [9.17, 15) is 13.2 Å². The molecule has 0 aliphatic carbocycles. The maximum atomic E-state index is 12.7. The van der Waals surface area contributed by atoms with Gasteiger partial charge in [0, 0.05) is 6.07 Å². The number of rotatable bonds is 2. The fourth-order valence-corrected chi connectivity index (χ4v) is 1.73. The van der Waals surface area contributed by atoms with Crippen LogP contribution < -0.4 is 5.73 Å². The Kier molecular flexibility index (Phi) is 3.02. The van der Waals surface area contributed by atoms with Crippen LogP contribution in [0.3, 0.4) is 0 Å². The number of halogens is 3. The highest BCUT2D eigenvalue weighted by Gasteiger charge is 2.35. The zero-order valence-corrected chi connectivity index (χ0v) is 9.70. The molecule has 1 heterocycles. The number of hydrogen-bond donors (Lipinski definition) is 1. The number of nitrogens with zero attached hydrogens (tertiary/aromatic N) is 2. The molecule has 0 amide bonds. The average molecular weight is 255 g/mol. The minimum absolute atomic E-state index is 0.0543. The lowest BCUT2D eigenvalue weighted by Crippen LogP contribution is -2.15. The lowest BCUT2D eigenvalue weighted by Gasteiger charge is -2.11. The van der Waals surface area contributed by atoms with Gasteiger partial charge >= 0.3 is 6.18 Å². The van der Waals surface area contributed by atoms with E-state index in [0.29, 0.717) is 0 Å². The van der Waals surface area contributed by atoms with Crippen molar-refractivity contribution in [3.8, 4) is 0 Å². The van der Waals surface area contributed by atoms with Gasteiger partial charge in [-0.15, -0.1) is 0 Å². The van der Waals surface area contributed by atoms with E-state index in [2.05, 4.69) is 5.10 Å². The molecule has 2 rings (SSSR count). The summed E-state index contributed by atoms with van der Waals surface area (Å²) in [7, 11) is 0. The van der Waals surface area contributed by atoms with Gasteiger partial charge < -0.3 is 5.73 Å². The second kappa shape index (κ2) is 4.36. The first-order valence-electron chi connectivity index (χ1n) is 5.33. The number of aromatic nitrogens is 2. The molecule has 0 unspecified atom stereocenters. The molecule has 1 aromatic heterocycles. The predicted octanol–water partition coefficient (Wildman–Crippen LogP) is 2.84. The van der Waals surface area contributed by atoms with E-state index < -0.39 is 11.9 Å². The van der Waals surface area contributed by atoms with Crippen molar-refractivity contribution in [2.75, 3.05) is 5.73 Å². The van der Waals surface area contributed by atoms with Crippen molar-refractivity contribution in [1.82, 2.24) is 9.78 Å². The van der Waals surface area contributed by atoms with Crippen LogP contribution in [0.4, 0.5) is 19.0 Å². The molecule has 0 bridgehead atoms. The summed E-state index contributed by atoms with van der Waals surface area (Å²) >= 11 is 0. The Morgan fingerprint density at radius 2 is 1.94 bits per heavy atom. The molecule has 0 aliphatic heterocycles. The summed E-state index contributed by atoms with van der Waals surface area (Å²) in [6.45, 7) is 1.90. The van der Waals surface area contributed by atoms with Gasteiger partial charge in [-0.05, 0) is 18.1 Å². The van der Waals surface area contributed by atoms with Gasteiger partial charge in [-0.1, -0.05) is 24.3 Å². The monoisotopic (exact) mass is 255 g/mol. The molecule has 2 aromatic rings. The maximum Gasteiger partial charge on any atom is 0.433 e. The second-order valence-corrected chi connectivity index (χ2v) is 4.04. The summed E-state index contributed by atoms with van der Waals surface area (Å²) < 4.78 is 39.1. The van der Waals surface area contributed by atoms with Gasteiger partial charge in [-0.2, -0.15) is 18.3 Å². The molecule has 3 nitrogen and oxygen atoms in total. The van der Waals surface area contributed by atoms with Crippen LogP contribution in [-0.2, 0) is 12.7 Å². The van der Waals surface area contributed by atoms with Crippen molar-refractivity contribution < 1.29 is 13.2 Å². The van der Waals surface area contributed by atoms with Crippen molar-refractivity contribution >= 4 is 5.82 Å². The number of aryl methyl sites for hydroxylation is 1. The van der Waals surface area contributed by atoms with Gasteiger partial charge in [0.2, 0.25) is 0 Å². The summed E-state index contributed by atoms with van der Waals surface area (Å²) in [5.41, 5.74) is 6.21. The average Bonchev–Trinajstić information content (AvgIpc) is 2.63. The van der Waals surface area contributed by atoms with E-state index in [-0.39, 0.29) is 12.4 Å². The number of benzene rings is 1. The zero-order chi connectivity index (χ0) is 13.3. The highest BCUT2D eigenvalue weighted by Crippen LogP contribution is 2.30. The third kappa shape index (κ3) is 2.47. The summed E-state index contributed by atoms with van der Waals surface area (Å²) in [6, 6.07) is 8.07. The summed E-state index contributed by atoms with van der Waals surface area (Å²) in [6.07, 6.45) is -4.45. The van der Waals surface area contributed by atoms with Gasteiger partial charge in [0.05, 0.1) is 6.54 Å². The number of nitrogens with two attached hydrogens (primary N) is 1. The van der Waals surface area contributed by atoms with Gasteiger partial charge in [0.15, 0.2) is 0 Å². The number of anilines is 1. The van der Waals surface area contributed by atoms with Crippen molar-refractivity contribution in [2.24, 2.45) is 0 Å². The molecule has 0 fully saturated rings. The van der Waals surface area contributed by atoms with E-state index in [1.807, 2.05) is 19.1 Å². The molecule has 0 aliphatic rings. The summed E-state index contributed by atoms with van der Waals surface area (Å²) in [5, 5.41) is 3.69. The molecule has 0 saturated carbocycles. The van der Waals surface area contributed by atoms with Gasteiger partial charge in [0.1, 0.15) is 11.5 Å². The standard InChI is InChI=1S/C12H12F3N3/c1-8-4-2-3-5-9(8)7-18-10(12(13,14)15)6-11(16)17-18/h2-6H,7H2,1H3,(H2,16,17). The van der Waals surface area contributed by atoms with Crippen molar-refractivity contribution in [2.45, 2.75) is 19.6 Å². The molecule has 0 spiro atoms. The van der Waals surface area contributed by atoms with Crippen LogP contribution >= 0.6 is 0 Å². The third-order valence-electron chi connectivity index (χ3n) is 2.67. The Balaban J connectivity index is 2.38. The molecule has 0 saturated heterocycles.